The van der Waals surface area contributed by atoms with Crippen molar-refractivity contribution in [3.63, 3.8) is 0 Å². The molecule has 0 atom stereocenters. The van der Waals surface area contributed by atoms with Crippen molar-refractivity contribution in [1.29, 1.82) is 0 Å². The number of pyridine rings is 1. The van der Waals surface area contributed by atoms with Gasteiger partial charge in [0.2, 0.25) is 11.8 Å². The minimum atomic E-state index is -0.0921. The highest BCUT2D eigenvalue weighted by molar-refractivity contribution is 5.92. The van der Waals surface area contributed by atoms with Crippen LogP contribution in [0.5, 0.6) is 0 Å². The lowest BCUT2D eigenvalue weighted by Gasteiger charge is -2.21. The van der Waals surface area contributed by atoms with Gasteiger partial charge in [0.05, 0.1) is 0 Å². The van der Waals surface area contributed by atoms with Crippen molar-refractivity contribution in [2.45, 2.75) is 39.7 Å². The van der Waals surface area contributed by atoms with Gasteiger partial charge in [-0.15, -0.1) is 0 Å². The highest BCUT2D eigenvalue weighted by Crippen LogP contribution is 2.23. The Bertz CT molecular complexity index is 714. The molecule has 1 heterocycles. The fraction of sp³-hybridized carbons (Fsp3) is 0.350. The molecule has 2 amide bonds. The summed E-state index contributed by atoms with van der Waals surface area (Å²) < 4.78 is 0. The molecule has 1 aromatic heterocycles. The molecule has 0 fully saturated rings. The predicted molar refractivity (Wildman–Crippen MR) is 99.1 cm³/mol. The van der Waals surface area contributed by atoms with Crippen LogP contribution in [0.4, 0.5) is 5.69 Å². The monoisotopic (exact) mass is 339 g/mol. The first-order valence-electron chi connectivity index (χ1n) is 8.50. The van der Waals surface area contributed by atoms with Gasteiger partial charge in [-0.05, 0) is 29.2 Å². The highest BCUT2D eigenvalue weighted by atomic mass is 16.2. The van der Waals surface area contributed by atoms with Crippen molar-refractivity contribution in [1.82, 2.24) is 9.88 Å². The number of aromatic nitrogens is 1. The fourth-order valence-electron chi connectivity index (χ4n) is 2.62. The number of anilines is 1. The van der Waals surface area contributed by atoms with Crippen LogP contribution in [-0.2, 0) is 16.1 Å². The Labute approximate surface area is 149 Å². The van der Waals surface area contributed by atoms with Crippen molar-refractivity contribution in [3.8, 4) is 0 Å². The second-order valence-electron chi connectivity index (χ2n) is 6.34. The number of para-hydroxylation sites is 1. The quantitative estimate of drug-likeness (QED) is 0.838. The maximum Gasteiger partial charge on any atom is 0.226 e. The van der Waals surface area contributed by atoms with Gasteiger partial charge in [-0.3, -0.25) is 14.6 Å². The molecule has 0 spiro atoms. The molecule has 132 valence electrons. The first-order valence-corrected chi connectivity index (χ1v) is 8.50. The van der Waals surface area contributed by atoms with Crippen LogP contribution in [0.25, 0.3) is 0 Å². The van der Waals surface area contributed by atoms with E-state index in [0.29, 0.717) is 19.0 Å². The number of nitrogens with one attached hydrogen (secondary N) is 1. The minimum absolute atomic E-state index is 0.0563. The standard InChI is InChI=1S/C20H25N3O2/c1-15(2)18-8-4-5-9-19(18)22-20(25)10-12-23(16(3)24)14-17-7-6-11-21-13-17/h4-9,11,13,15H,10,12,14H2,1-3H3,(H,22,25). The lowest BCUT2D eigenvalue weighted by Crippen LogP contribution is -2.31. The molecule has 0 aliphatic heterocycles. The average molecular weight is 339 g/mol. The third kappa shape index (κ3) is 5.71. The molecule has 0 radical (unpaired) electrons. The molecule has 0 aliphatic rings. The van der Waals surface area contributed by atoms with Crippen LogP contribution in [0.15, 0.2) is 48.8 Å². The predicted octanol–water partition coefficient (Wildman–Crippen LogP) is 3.58. The second kappa shape index (κ2) is 8.97. The molecular weight excluding hydrogens is 314 g/mol. The number of nitrogens with zero attached hydrogens (tertiary/aromatic N) is 2. The number of rotatable bonds is 7. The fourth-order valence-corrected chi connectivity index (χ4v) is 2.62. The summed E-state index contributed by atoms with van der Waals surface area (Å²) in [5.74, 6) is 0.181. The summed E-state index contributed by atoms with van der Waals surface area (Å²) >= 11 is 0. The van der Waals surface area contributed by atoms with E-state index in [1.54, 1.807) is 17.3 Å². The summed E-state index contributed by atoms with van der Waals surface area (Å²) in [5.41, 5.74) is 2.89. The smallest absolute Gasteiger partial charge is 0.226 e. The van der Waals surface area contributed by atoms with Crippen LogP contribution in [0.1, 0.15) is 44.2 Å². The Kier molecular flexibility index (Phi) is 6.69. The van der Waals surface area contributed by atoms with E-state index in [1.165, 1.54) is 6.92 Å². The van der Waals surface area contributed by atoms with E-state index in [9.17, 15) is 9.59 Å². The van der Waals surface area contributed by atoms with Gasteiger partial charge >= 0.3 is 0 Å². The number of carbonyl (C=O) groups is 2. The molecule has 0 saturated heterocycles. The van der Waals surface area contributed by atoms with Crippen molar-refractivity contribution in [3.05, 3.63) is 59.9 Å². The third-order valence-corrected chi connectivity index (χ3v) is 4.01. The van der Waals surface area contributed by atoms with Crippen LogP contribution in [0, 0.1) is 0 Å². The van der Waals surface area contributed by atoms with E-state index < -0.39 is 0 Å². The molecule has 1 aromatic carbocycles. The zero-order valence-electron chi connectivity index (χ0n) is 15.0. The van der Waals surface area contributed by atoms with E-state index in [4.69, 9.17) is 0 Å². The first-order chi connectivity index (χ1) is 12.0. The largest absolute Gasteiger partial charge is 0.338 e. The average Bonchev–Trinajstić information content (AvgIpc) is 2.59. The summed E-state index contributed by atoms with van der Waals surface area (Å²) in [7, 11) is 0. The highest BCUT2D eigenvalue weighted by Gasteiger charge is 2.13. The van der Waals surface area contributed by atoms with Crippen molar-refractivity contribution >= 4 is 17.5 Å². The Balaban J connectivity index is 1.94. The van der Waals surface area contributed by atoms with Crippen LogP contribution >= 0.6 is 0 Å². The van der Waals surface area contributed by atoms with Gasteiger partial charge in [-0.25, -0.2) is 0 Å². The van der Waals surface area contributed by atoms with Crippen molar-refractivity contribution in [2.75, 3.05) is 11.9 Å². The van der Waals surface area contributed by atoms with E-state index in [2.05, 4.69) is 24.1 Å². The number of benzene rings is 1. The van der Waals surface area contributed by atoms with E-state index >= 15 is 0 Å². The Morgan fingerprint density at radius 3 is 2.56 bits per heavy atom. The summed E-state index contributed by atoms with van der Waals surface area (Å²) in [5, 5.41) is 2.96. The summed E-state index contributed by atoms with van der Waals surface area (Å²) in [4.78, 5) is 29.9. The normalized spacial score (nSPS) is 10.6. The summed E-state index contributed by atoms with van der Waals surface area (Å²) in [6.45, 7) is 6.54. The van der Waals surface area contributed by atoms with Gasteiger partial charge < -0.3 is 10.2 Å². The number of hydrogen-bond donors (Lipinski definition) is 1. The second-order valence-corrected chi connectivity index (χ2v) is 6.34. The molecule has 0 bridgehead atoms. The van der Waals surface area contributed by atoms with E-state index in [-0.39, 0.29) is 18.2 Å². The van der Waals surface area contributed by atoms with Crippen LogP contribution < -0.4 is 5.32 Å². The van der Waals surface area contributed by atoms with E-state index in [1.807, 2.05) is 36.4 Å². The lowest BCUT2D eigenvalue weighted by atomic mass is 10.0. The molecule has 0 saturated carbocycles. The van der Waals surface area contributed by atoms with Gasteiger partial charge in [-0.1, -0.05) is 38.1 Å². The van der Waals surface area contributed by atoms with Crippen LogP contribution in [-0.4, -0.2) is 28.2 Å². The Morgan fingerprint density at radius 2 is 1.92 bits per heavy atom. The molecule has 5 nitrogen and oxygen atoms in total. The zero-order chi connectivity index (χ0) is 18.2. The molecule has 5 heteroatoms. The topological polar surface area (TPSA) is 62.3 Å². The van der Waals surface area contributed by atoms with Gasteiger partial charge in [0.1, 0.15) is 0 Å². The maximum atomic E-state index is 12.3. The van der Waals surface area contributed by atoms with Crippen LogP contribution in [0.2, 0.25) is 0 Å². The number of amides is 2. The minimum Gasteiger partial charge on any atom is -0.338 e. The van der Waals surface area contributed by atoms with Crippen LogP contribution in [0.3, 0.4) is 0 Å². The molecule has 2 rings (SSSR count). The first kappa shape index (κ1) is 18.6. The number of carbonyl (C=O) groups excluding carboxylic acids is 2. The van der Waals surface area contributed by atoms with Crippen molar-refractivity contribution < 1.29 is 9.59 Å². The lowest BCUT2D eigenvalue weighted by molar-refractivity contribution is -0.129. The van der Waals surface area contributed by atoms with Gasteiger partial charge in [0.25, 0.3) is 0 Å². The molecule has 25 heavy (non-hydrogen) atoms. The van der Waals surface area contributed by atoms with Crippen molar-refractivity contribution in [2.24, 2.45) is 0 Å². The molecule has 0 unspecified atom stereocenters. The molecular formula is C20H25N3O2. The summed E-state index contributed by atoms with van der Waals surface area (Å²) in [6, 6.07) is 11.6. The zero-order valence-corrected chi connectivity index (χ0v) is 15.0. The maximum absolute atomic E-state index is 12.3. The SMILES string of the molecule is CC(=O)N(CCC(=O)Nc1ccccc1C(C)C)Cc1cccnc1. The van der Waals surface area contributed by atoms with Gasteiger partial charge in [0.15, 0.2) is 0 Å². The van der Waals surface area contributed by atoms with Gasteiger partial charge in [-0.2, -0.15) is 0 Å². The Hall–Kier alpha value is -2.69. The third-order valence-electron chi connectivity index (χ3n) is 4.01. The van der Waals surface area contributed by atoms with Gasteiger partial charge in [0, 0.05) is 44.5 Å². The van der Waals surface area contributed by atoms with E-state index in [0.717, 1.165) is 16.8 Å². The molecule has 1 N–H and O–H groups in total. The number of hydrogen-bond acceptors (Lipinski definition) is 3. The Morgan fingerprint density at radius 1 is 1.16 bits per heavy atom. The summed E-state index contributed by atoms with van der Waals surface area (Å²) in [6.07, 6.45) is 3.68. The molecule has 0 aliphatic carbocycles. The molecule has 2 aromatic rings.